The van der Waals surface area contributed by atoms with Gasteiger partial charge in [-0.25, -0.2) is 13.8 Å². The Morgan fingerprint density at radius 2 is 2.03 bits per heavy atom. The number of nitrogens with zero attached hydrogens (tertiary/aromatic N) is 4. The molecule has 1 fully saturated rings. The van der Waals surface area contributed by atoms with Crippen LogP contribution in [0.1, 0.15) is 27.4 Å². The Balaban J connectivity index is 1.53. The molecular weight excluding hydrogens is 412 g/mol. The van der Waals surface area contributed by atoms with Gasteiger partial charge < -0.3 is 9.47 Å². The van der Waals surface area contributed by atoms with Gasteiger partial charge >= 0.3 is 0 Å². The van der Waals surface area contributed by atoms with E-state index in [0.29, 0.717) is 31.1 Å². The molecule has 2 amide bonds. The smallest absolute Gasteiger partial charge is 0.272 e. The third-order valence-electron chi connectivity index (χ3n) is 4.93. The fraction of sp³-hybridized carbons (Fsp3) is 0.300. The van der Waals surface area contributed by atoms with E-state index in [-0.39, 0.29) is 28.0 Å². The molecule has 3 heterocycles. The van der Waals surface area contributed by atoms with Crippen LogP contribution in [0, 0.1) is 17.2 Å². The Kier molecular flexibility index (Phi) is 5.46. The number of anilines is 1. The predicted molar refractivity (Wildman–Crippen MR) is 107 cm³/mol. The maximum atomic E-state index is 12.8. The highest BCUT2D eigenvalue weighted by molar-refractivity contribution is 7.14. The van der Waals surface area contributed by atoms with Crippen LogP contribution in [0.15, 0.2) is 36.4 Å². The second-order valence-corrected chi connectivity index (χ2v) is 8.11. The summed E-state index contributed by atoms with van der Waals surface area (Å²) in [5.74, 6) is -0.198. The third-order valence-corrected chi connectivity index (χ3v) is 6.02. The van der Waals surface area contributed by atoms with Crippen LogP contribution in [0.2, 0.25) is 0 Å². The summed E-state index contributed by atoms with van der Waals surface area (Å²) in [6.45, 7) is 1.59. The van der Waals surface area contributed by atoms with Crippen molar-refractivity contribution >= 4 is 40.1 Å². The molecule has 0 saturated carbocycles. The molecule has 7 nitrogen and oxygen atoms in total. The second-order valence-electron chi connectivity index (χ2n) is 6.99. The summed E-state index contributed by atoms with van der Waals surface area (Å²) >= 11 is 0.749. The van der Waals surface area contributed by atoms with E-state index in [1.807, 2.05) is 34.9 Å². The van der Waals surface area contributed by atoms with Gasteiger partial charge in [0.05, 0.1) is 26.9 Å². The van der Waals surface area contributed by atoms with Crippen molar-refractivity contribution in [1.82, 2.24) is 14.5 Å². The van der Waals surface area contributed by atoms with Crippen molar-refractivity contribution in [1.29, 1.82) is 5.26 Å². The van der Waals surface area contributed by atoms with Gasteiger partial charge in [0.1, 0.15) is 6.42 Å². The normalized spacial score (nSPS) is 14.0. The van der Waals surface area contributed by atoms with E-state index in [0.717, 1.165) is 16.9 Å². The van der Waals surface area contributed by atoms with Crippen LogP contribution in [0.5, 0.6) is 0 Å². The average molecular weight is 429 g/mol. The first-order valence-electron chi connectivity index (χ1n) is 9.25. The van der Waals surface area contributed by atoms with Crippen LogP contribution in [0.25, 0.3) is 11.0 Å². The number of alkyl halides is 2. The van der Waals surface area contributed by atoms with Gasteiger partial charge in [0.2, 0.25) is 11.9 Å². The minimum absolute atomic E-state index is 0.135. The zero-order valence-electron chi connectivity index (χ0n) is 15.7. The van der Waals surface area contributed by atoms with Crippen molar-refractivity contribution in [2.75, 3.05) is 18.4 Å². The number of likely N-dealkylation sites (tertiary alicyclic amines) is 1. The molecule has 0 atom stereocenters. The number of aromatic nitrogens is 2. The highest BCUT2D eigenvalue weighted by Gasteiger charge is 2.31. The molecule has 4 rings (SSSR count). The molecule has 2 aromatic heterocycles. The van der Waals surface area contributed by atoms with E-state index in [2.05, 4.69) is 10.3 Å². The molecule has 1 aliphatic heterocycles. The number of fused-ring (bicyclic) bond motifs is 1. The number of nitrogens with one attached hydrogen (secondary N) is 1. The Hall–Kier alpha value is -3.32. The maximum absolute atomic E-state index is 12.8. The summed E-state index contributed by atoms with van der Waals surface area (Å²) in [5.41, 5.74) is 1.53. The fourth-order valence-corrected chi connectivity index (χ4v) is 4.20. The molecule has 154 valence electrons. The molecule has 1 aromatic carbocycles. The number of halogens is 2. The molecule has 0 radical (unpaired) electrons. The zero-order valence-corrected chi connectivity index (χ0v) is 16.5. The van der Waals surface area contributed by atoms with Crippen LogP contribution in [0.4, 0.5) is 14.7 Å². The van der Waals surface area contributed by atoms with Gasteiger partial charge in [-0.3, -0.25) is 14.9 Å². The number of imidazole rings is 1. The predicted octanol–water partition coefficient (Wildman–Crippen LogP) is 3.66. The lowest BCUT2D eigenvalue weighted by Crippen LogP contribution is -2.51. The SMILES string of the molecule is N#CCC(=O)N1CC(Cn2c(NC(=O)c3ccc(C(F)F)s3)nc3ccccc32)C1. The summed E-state index contributed by atoms with van der Waals surface area (Å²) in [4.78, 5) is 30.5. The maximum Gasteiger partial charge on any atom is 0.272 e. The number of benzene rings is 1. The van der Waals surface area contributed by atoms with Crippen molar-refractivity contribution < 1.29 is 18.4 Å². The molecular formula is C20H17F2N5O2S. The third kappa shape index (κ3) is 3.89. The Labute approximate surface area is 174 Å². The van der Waals surface area contributed by atoms with E-state index < -0.39 is 12.3 Å². The number of rotatable bonds is 6. The highest BCUT2D eigenvalue weighted by atomic mass is 32.1. The lowest BCUT2D eigenvalue weighted by Gasteiger charge is -2.39. The number of amides is 2. The van der Waals surface area contributed by atoms with Crippen LogP contribution in [-0.4, -0.2) is 39.4 Å². The van der Waals surface area contributed by atoms with Crippen molar-refractivity contribution in [3.8, 4) is 6.07 Å². The first kappa shape index (κ1) is 20.0. The van der Waals surface area contributed by atoms with Crippen molar-refractivity contribution in [2.24, 2.45) is 5.92 Å². The van der Waals surface area contributed by atoms with E-state index in [4.69, 9.17) is 5.26 Å². The Bertz CT molecular complexity index is 1140. The van der Waals surface area contributed by atoms with Crippen molar-refractivity contribution in [3.63, 3.8) is 0 Å². The molecule has 10 heteroatoms. The van der Waals surface area contributed by atoms with Gasteiger partial charge in [0, 0.05) is 25.6 Å². The first-order valence-corrected chi connectivity index (χ1v) is 10.1. The van der Waals surface area contributed by atoms with E-state index in [1.54, 1.807) is 4.90 Å². The monoisotopic (exact) mass is 429 g/mol. The molecule has 0 aliphatic carbocycles. The molecule has 1 aliphatic rings. The number of carbonyl (C=O) groups excluding carboxylic acids is 2. The van der Waals surface area contributed by atoms with Gasteiger partial charge in [-0.15, -0.1) is 11.3 Å². The van der Waals surface area contributed by atoms with E-state index in [1.165, 1.54) is 12.1 Å². The van der Waals surface area contributed by atoms with Crippen LogP contribution in [-0.2, 0) is 11.3 Å². The van der Waals surface area contributed by atoms with Gasteiger partial charge in [-0.05, 0) is 24.3 Å². The quantitative estimate of drug-likeness (QED) is 0.647. The lowest BCUT2D eigenvalue weighted by molar-refractivity contribution is -0.136. The number of hydrogen-bond donors (Lipinski definition) is 1. The standard InChI is InChI=1S/C20H17F2N5O2S/c21-18(22)15-5-6-16(30-15)19(29)25-20-24-13-3-1-2-4-14(13)27(20)11-12-9-26(10-12)17(28)7-8-23/h1-6,12,18H,7,9-11H2,(H,24,25,29). The highest BCUT2D eigenvalue weighted by Crippen LogP contribution is 2.29. The van der Waals surface area contributed by atoms with Crippen LogP contribution in [0.3, 0.4) is 0 Å². The van der Waals surface area contributed by atoms with Crippen LogP contribution < -0.4 is 5.32 Å². The number of para-hydroxylation sites is 2. The summed E-state index contributed by atoms with van der Waals surface area (Å²) in [7, 11) is 0. The van der Waals surface area contributed by atoms with Gasteiger partial charge in [-0.1, -0.05) is 12.1 Å². The molecule has 0 bridgehead atoms. The average Bonchev–Trinajstić information content (AvgIpc) is 3.30. The summed E-state index contributed by atoms with van der Waals surface area (Å²) in [6, 6.07) is 11.9. The van der Waals surface area contributed by atoms with Gasteiger partial charge in [0.25, 0.3) is 12.3 Å². The largest absolute Gasteiger partial charge is 0.341 e. The van der Waals surface area contributed by atoms with Crippen molar-refractivity contribution in [2.45, 2.75) is 19.4 Å². The first-order chi connectivity index (χ1) is 14.5. The minimum Gasteiger partial charge on any atom is -0.341 e. The molecule has 0 unspecified atom stereocenters. The van der Waals surface area contributed by atoms with Crippen molar-refractivity contribution in [3.05, 3.63) is 46.2 Å². The molecule has 3 aromatic rings. The van der Waals surface area contributed by atoms with E-state index >= 15 is 0 Å². The zero-order chi connectivity index (χ0) is 21.3. The molecule has 1 saturated heterocycles. The molecule has 30 heavy (non-hydrogen) atoms. The molecule has 0 spiro atoms. The topological polar surface area (TPSA) is 91.0 Å². The van der Waals surface area contributed by atoms with Gasteiger partial charge in [-0.2, -0.15) is 5.26 Å². The fourth-order valence-electron chi connectivity index (χ4n) is 3.44. The molecule has 1 N–H and O–H groups in total. The number of thiophene rings is 1. The van der Waals surface area contributed by atoms with E-state index in [9.17, 15) is 18.4 Å². The Morgan fingerprint density at radius 1 is 1.27 bits per heavy atom. The minimum atomic E-state index is -2.62. The van der Waals surface area contributed by atoms with Gasteiger partial charge in [0.15, 0.2) is 0 Å². The summed E-state index contributed by atoms with van der Waals surface area (Å²) in [5, 5.41) is 11.4. The number of carbonyl (C=O) groups is 2. The lowest BCUT2D eigenvalue weighted by atomic mass is 9.99. The Morgan fingerprint density at radius 3 is 2.73 bits per heavy atom. The summed E-state index contributed by atoms with van der Waals surface area (Å²) in [6.07, 6.45) is -2.75. The van der Waals surface area contributed by atoms with Crippen LogP contribution >= 0.6 is 11.3 Å². The second kappa shape index (κ2) is 8.20. The summed E-state index contributed by atoms with van der Waals surface area (Å²) < 4.78 is 27.5. The number of hydrogen-bond acceptors (Lipinski definition) is 5. The number of nitriles is 1.